The topological polar surface area (TPSA) is 78.9 Å². The van der Waals surface area contributed by atoms with Gasteiger partial charge in [-0.1, -0.05) is 19.8 Å². The van der Waals surface area contributed by atoms with E-state index in [9.17, 15) is 9.59 Å². The number of carbonyl (C=O) groups excluding carboxylic acids is 1. The van der Waals surface area contributed by atoms with E-state index in [1.807, 2.05) is 20.8 Å². The van der Waals surface area contributed by atoms with Gasteiger partial charge in [0.25, 0.3) is 0 Å². The molecule has 1 saturated heterocycles. The Kier molecular flexibility index (Phi) is 6.23. The number of hydrogen-bond acceptors (Lipinski definition) is 4. The molecule has 128 valence electrons. The fourth-order valence-electron chi connectivity index (χ4n) is 2.79. The molecule has 0 bridgehead atoms. The lowest BCUT2D eigenvalue weighted by molar-refractivity contribution is -0.141. The Morgan fingerprint density at radius 2 is 1.95 bits per heavy atom. The second kappa shape index (κ2) is 7.31. The molecule has 0 aliphatic carbocycles. The van der Waals surface area contributed by atoms with Gasteiger partial charge in [0.05, 0.1) is 12.0 Å². The Bertz CT molecular complexity index is 397. The number of amides is 1. The fraction of sp³-hybridized carbons (Fsp3) is 0.875. The van der Waals surface area contributed by atoms with E-state index in [0.29, 0.717) is 13.1 Å². The van der Waals surface area contributed by atoms with Crippen molar-refractivity contribution in [2.45, 2.75) is 77.5 Å². The van der Waals surface area contributed by atoms with Crippen LogP contribution < -0.4 is 5.32 Å². The lowest BCUT2D eigenvalue weighted by atomic mass is 9.85. The maximum atomic E-state index is 12.0. The molecule has 1 aliphatic rings. The summed E-state index contributed by atoms with van der Waals surface area (Å²) < 4.78 is 5.32. The van der Waals surface area contributed by atoms with Crippen LogP contribution in [0, 0.1) is 0 Å². The first-order chi connectivity index (χ1) is 10.1. The van der Waals surface area contributed by atoms with E-state index in [1.165, 1.54) is 0 Å². The molecule has 1 amide bonds. The number of aliphatic carboxylic acids is 1. The van der Waals surface area contributed by atoms with Crippen LogP contribution in [0.25, 0.3) is 0 Å². The Balaban J connectivity index is 2.59. The van der Waals surface area contributed by atoms with E-state index in [2.05, 4.69) is 19.2 Å². The first kappa shape index (κ1) is 18.7. The second-order valence-corrected chi connectivity index (χ2v) is 7.37. The first-order valence-electron chi connectivity index (χ1n) is 8.04. The summed E-state index contributed by atoms with van der Waals surface area (Å²) >= 11 is 0. The molecule has 1 heterocycles. The standard InChI is InChI=1S/C16H30N2O4/c1-6-7-8-12(2)17-16(9-13(19)20)10-18(11-16)14(21)22-15(3,4)5/h12,17H,6-11H2,1-5H3,(H,19,20). The number of nitrogens with one attached hydrogen (secondary N) is 1. The van der Waals surface area contributed by atoms with Gasteiger partial charge in [-0.05, 0) is 34.1 Å². The predicted molar refractivity (Wildman–Crippen MR) is 84.9 cm³/mol. The lowest BCUT2D eigenvalue weighted by Gasteiger charge is -2.51. The summed E-state index contributed by atoms with van der Waals surface area (Å²) in [6, 6.07) is 0.236. The number of nitrogens with zero attached hydrogens (tertiary/aromatic N) is 1. The van der Waals surface area contributed by atoms with E-state index in [0.717, 1.165) is 19.3 Å². The van der Waals surface area contributed by atoms with Crippen LogP contribution in [-0.2, 0) is 9.53 Å². The zero-order valence-electron chi connectivity index (χ0n) is 14.4. The quantitative estimate of drug-likeness (QED) is 0.755. The number of carbonyl (C=O) groups is 2. The van der Waals surface area contributed by atoms with Crippen molar-refractivity contribution in [1.29, 1.82) is 0 Å². The van der Waals surface area contributed by atoms with Crippen molar-refractivity contribution in [2.75, 3.05) is 13.1 Å². The molecule has 1 rings (SSSR count). The maximum absolute atomic E-state index is 12.0. The molecule has 1 atom stereocenters. The van der Waals surface area contributed by atoms with Crippen LogP contribution in [-0.4, -0.2) is 52.3 Å². The third-order valence-corrected chi connectivity index (χ3v) is 3.67. The second-order valence-electron chi connectivity index (χ2n) is 7.37. The average Bonchev–Trinajstić information content (AvgIpc) is 2.29. The van der Waals surface area contributed by atoms with E-state index < -0.39 is 17.1 Å². The maximum Gasteiger partial charge on any atom is 0.410 e. The summed E-state index contributed by atoms with van der Waals surface area (Å²) in [6.45, 7) is 10.4. The number of hydrogen-bond donors (Lipinski definition) is 2. The van der Waals surface area contributed by atoms with Crippen LogP contribution in [0.3, 0.4) is 0 Å². The highest BCUT2D eigenvalue weighted by molar-refractivity contribution is 5.73. The number of carboxylic acids is 1. The van der Waals surface area contributed by atoms with Gasteiger partial charge in [-0.2, -0.15) is 0 Å². The summed E-state index contributed by atoms with van der Waals surface area (Å²) in [5.74, 6) is -0.848. The van der Waals surface area contributed by atoms with Gasteiger partial charge in [0.15, 0.2) is 0 Å². The Morgan fingerprint density at radius 3 is 2.41 bits per heavy atom. The van der Waals surface area contributed by atoms with Crippen LogP contribution in [0.2, 0.25) is 0 Å². The van der Waals surface area contributed by atoms with Crippen molar-refractivity contribution in [3.05, 3.63) is 0 Å². The number of ether oxygens (including phenoxy) is 1. The van der Waals surface area contributed by atoms with Crippen LogP contribution in [0.15, 0.2) is 0 Å². The number of carboxylic acid groups (broad SMARTS) is 1. The van der Waals surface area contributed by atoms with Crippen molar-refractivity contribution in [1.82, 2.24) is 10.2 Å². The molecule has 22 heavy (non-hydrogen) atoms. The largest absolute Gasteiger partial charge is 0.481 e. The lowest BCUT2D eigenvalue weighted by Crippen LogP contribution is -2.72. The van der Waals surface area contributed by atoms with Gasteiger partial charge in [-0.25, -0.2) is 4.79 Å². The van der Waals surface area contributed by atoms with Crippen molar-refractivity contribution >= 4 is 12.1 Å². The molecule has 6 heteroatoms. The molecule has 1 unspecified atom stereocenters. The highest BCUT2D eigenvalue weighted by Gasteiger charge is 2.48. The Hall–Kier alpha value is -1.30. The molecular weight excluding hydrogens is 284 g/mol. The zero-order chi connectivity index (χ0) is 17.0. The van der Waals surface area contributed by atoms with Gasteiger partial charge < -0.3 is 20.1 Å². The SMILES string of the molecule is CCCCC(C)NC1(CC(=O)O)CN(C(=O)OC(C)(C)C)C1. The monoisotopic (exact) mass is 314 g/mol. The zero-order valence-corrected chi connectivity index (χ0v) is 14.4. The summed E-state index contributed by atoms with van der Waals surface area (Å²) in [6.07, 6.45) is 2.86. The van der Waals surface area contributed by atoms with Crippen molar-refractivity contribution < 1.29 is 19.4 Å². The molecule has 6 nitrogen and oxygen atoms in total. The van der Waals surface area contributed by atoms with Gasteiger partial charge in [0.2, 0.25) is 0 Å². The molecule has 0 aromatic heterocycles. The first-order valence-corrected chi connectivity index (χ1v) is 8.04. The predicted octanol–water partition coefficient (Wildman–Crippen LogP) is 2.62. The summed E-state index contributed by atoms with van der Waals surface area (Å²) in [5.41, 5.74) is -1.07. The molecule has 0 spiro atoms. The van der Waals surface area contributed by atoms with Crippen molar-refractivity contribution in [3.63, 3.8) is 0 Å². The Labute approximate surface area is 133 Å². The minimum atomic E-state index is -0.848. The van der Waals surface area contributed by atoms with E-state index in [4.69, 9.17) is 9.84 Å². The van der Waals surface area contributed by atoms with Crippen LogP contribution in [0.4, 0.5) is 4.79 Å². The van der Waals surface area contributed by atoms with Crippen LogP contribution in [0.1, 0.15) is 60.3 Å². The third kappa shape index (κ3) is 5.83. The van der Waals surface area contributed by atoms with Gasteiger partial charge >= 0.3 is 12.1 Å². The van der Waals surface area contributed by atoms with Gasteiger partial charge in [-0.15, -0.1) is 0 Å². The molecule has 2 N–H and O–H groups in total. The van der Waals surface area contributed by atoms with Gasteiger partial charge in [0.1, 0.15) is 5.60 Å². The molecular formula is C16H30N2O4. The number of unbranched alkanes of at least 4 members (excludes halogenated alkanes) is 1. The minimum Gasteiger partial charge on any atom is -0.481 e. The average molecular weight is 314 g/mol. The highest BCUT2D eigenvalue weighted by Crippen LogP contribution is 2.28. The van der Waals surface area contributed by atoms with E-state index >= 15 is 0 Å². The van der Waals surface area contributed by atoms with Crippen molar-refractivity contribution in [2.24, 2.45) is 0 Å². The van der Waals surface area contributed by atoms with E-state index in [-0.39, 0.29) is 18.6 Å². The van der Waals surface area contributed by atoms with Crippen LogP contribution >= 0.6 is 0 Å². The fourth-order valence-corrected chi connectivity index (χ4v) is 2.79. The number of rotatable bonds is 7. The summed E-state index contributed by atoms with van der Waals surface area (Å²) in [7, 11) is 0. The molecule has 1 fully saturated rings. The summed E-state index contributed by atoms with van der Waals surface area (Å²) in [4.78, 5) is 24.7. The smallest absolute Gasteiger partial charge is 0.410 e. The van der Waals surface area contributed by atoms with Gasteiger partial charge in [0, 0.05) is 19.1 Å². The third-order valence-electron chi connectivity index (χ3n) is 3.67. The normalized spacial score (nSPS) is 18.5. The molecule has 0 aromatic rings. The molecule has 0 saturated carbocycles. The van der Waals surface area contributed by atoms with Gasteiger partial charge in [-0.3, -0.25) is 4.79 Å². The molecule has 0 aromatic carbocycles. The van der Waals surface area contributed by atoms with Crippen LogP contribution in [0.5, 0.6) is 0 Å². The number of likely N-dealkylation sites (tertiary alicyclic amines) is 1. The minimum absolute atomic E-state index is 0.0166. The van der Waals surface area contributed by atoms with E-state index in [1.54, 1.807) is 4.90 Å². The molecule has 1 aliphatic heterocycles. The van der Waals surface area contributed by atoms with Crippen molar-refractivity contribution in [3.8, 4) is 0 Å². The summed E-state index contributed by atoms with van der Waals surface area (Å²) in [5, 5.41) is 12.6. The molecule has 0 radical (unpaired) electrons. The Morgan fingerprint density at radius 1 is 1.36 bits per heavy atom. The highest BCUT2D eigenvalue weighted by atomic mass is 16.6.